The molecule has 0 spiro atoms. The van der Waals surface area contributed by atoms with Gasteiger partial charge in [-0.05, 0) is 50.6 Å². The third-order valence-corrected chi connectivity index (χ3v) is 5.48. The number of hydrogen-bond acceptors (Lipinski definition) is 3. The lowest BCUT2D eigenvalue weighted by molar-refractivity contribution is -0.119. The van der Waals surface area contributed by atoms with Crippen molar-refractivity contribution in [3.05, 3.63) is 63.4 Å². The molecule has 150 valence electrons. The van der Waals surface area contributed by atoms with Crippen LogP contribution in [-0.4, -0.2) is 23.6 Å². The van der Waals surface area contributed by atoms with E-state index in [0.29, 0.717) is 16.0 Å². The van der Waals surface area contributed by atoms with Crippen molar-refractivity contribution in [3.8, 4) is 0 Å². The van der Waals surface area contributed by atoms with E-state index in [9.17, 15) is 14.0 Å². The summed E-state index contributed by atoms with van der Waals surface area (Å²) in [5.74, 6) is -0.848. The van der Waals surface area contributed by atoms with E-state index in [1.807, 2.05) is 13.8 Å². The van der Waals surface area contributed by atoms with Crippen LogP contribution in [0.25, 0.3) is 0 Å². The number of thioether (sulfide) groups is 1. The highest BCUT2D eigenvalue weighted by Crippen LogP contribution is 2.29. The molecule has 8 heteroatoms. The Bertz CT molecular complexity index is 877. The Morgan fingerprint density at radius 2 is 1.75 bits per heavy atom. The molecule has 2 aromatic carbocycles. The Kier molecular flexibility index (Phi) is 8.16. The van der Waals surface area contributed by atoms with Crippen LogP contribution in [0, 0.1) is 5.82 Å². The summed E-state index contributed by atoms with van der Waals surface area (Å²) in [4.78, 5) is 25.3. The predicted octanol–water partition coefficient (Wildman–Crippen LogP) is 5.24. The van der Waals surface area contributed by atoms with Crippen LogP contribution in [0.1, 0.15) is 42.7 Å². The largest absolute Gasteiger partial charge is 0.353 e. The lowest BCUT2D eigenvalue weighted by atomic mass is 10.1. The Morgan fingerprint density at radius 3 is 2.43 bits per heavy atom. The lowest BCUT2D eigenvalue weighted by Gasteiger charge is -2.17. The van der Waals surface area contributed by atoms with Crippen LogP contribution in [0.2, 0.25) is 10.0 Å². The molecule has 0 aliphatic rings. The zero-order valence-electron chi connectivity index (χ0n) is 15.7. The van der Waals surface area contributed by atoms with Crippen molar-refractivity contribution in [2.75, 3.05) is 5.75 Å². The third-order valence-electron chi connectivity index (χ3n) is 3.79. The van der Waals surface area contributed by atoms with Gasteiger partial charge in [0, 0.05) is 16.0 Å². The number of benzene rings is 2. The van der Waals surface area contributed by atoms with Crippen LogP contribution in [0.5, 0.6) is 0 Å². The Balaban J connectivity index is 2.12. The molecular formula is C20H21Cl2FN2O2S. The second-order valence-electron chi connectivity index (χ2n) is 6.49. The molecule has 2 N–H and O–H groups in total. The fourth-order valence-corrected chi connectivity index (χ4v) is 3.92. The monoisotopic (exact) mass is 442 g/mol. The molecule has 2 aromatic rings. The zero-order valence-corrected chi connectivity index (χ0v) is 18.0. The van der Waals surface area contributed by atoms with Gasteiger partial charge in [0.2, 0.25) is 5.91 Å². The van der Waals surface area contributed by atoms with E-state index in [1.165, 1.54) is 23.9 Å². The van der Waals surface area contributed by atoms with E-state index in [1.54, 1.807) is 31.2 Å². The van der Waals surface area contributed by atoms with Gasteiger partial charge in [0.1, 0.15) is 5.82 Å². The summed E-state index contributed by atoms with van der Waals surface area (Å²) < 4.78 is 13.8. The van der Waals surface area contributed by atoms with Gasteiger partial charge < -0.3 is 10.6 Å². The number of rotatable bonds is 7. The first kappa shape index (κ1) is 22.5. The van der Waals surface area contributed by atoms with E-state index in [-0.39, 0.29) is 33.7 Å². The maximum Gasteiger partial charge on any atom is 0.252 e. The summed E-state index contributed by atoms with van der Waals surface area (Å²) in [7, 11) is 0. The maximum absolute atomic E-state index is 13.8. The van der Waals surface area contributed by atoms with Crippen molar-refractivity contribution < 1.29 is 14.0 Å². The summed E-state index contributed by atoms with van der Waals surface area (Å²) in [6.45, 7) is 5.48. The molecule has 28 heavy (non-hydrogen) atoms. The third kappa shape index (κ3) is 6.12. The van der Waals surface area contributed by atoms with E-state index >= 15 is 0 Å². The van der Waals surface area contributed by atoms with Crippen molar-refractivity contribution in [1.29, 1.82) is 0 Å². The summed E-state index contributed by atoms with van der Waals surface area (Å²) >= 11 is 13.1. The Morgan fingerprint density at radius 1 is 1.07 bits per heavy atom. The van der Waals surface area contributed by atoms with Gasteiger partial charge in [-0.1, -0.05) is 35.3 Å². The minimum Gasteiger partial charge on any atom is -0.353 e. The average Bonchev–Trinajstić information content (AvgIpc) is 2.62. The van der Waals surface area contributed by atoms with Gasteiger partial charge in [0.05, 0.1) is 22.4 Å². The Hall–Kier alpha value is -1.76. The first-order chi connectivity index (χ1) is 13.2. The molecular weight excluding hydrogens is 422 g/mol. The fraction of sp³-hybridized carbons (Fsp3) is 0.300. The molecule has 0 saturated heterocycles. The molecule has 0 fully saturated rings. The Labute approximate surface area is 178 Å². The highest BCUT2D eigenvalue weighted by atomic mass is 35.5. The van der Waals surface area contributed by atoms with Crippen molar-refractivity contribution in [2.45, 2.75) is 37.8 Å². The van der Waals surface area contributed by atoms with Crippen LogP contribution in [0.15, 0.2) is 41.3 Å². The van der Waals surface area contributed by atoms with Crippen molar-refractivity contribution in [3.63, 3.8) is 0 Å². The number of amides is 2. The minimum atomic E-state index is -0.603. The normalized spacial score (nSPS) is 12.0. The fourth-order valence-electron chi connectivity index (χ4n) is 2.51. The van der Waals surface area contributed by atoms with Crippen LogP contribution >= 0.6 is 35.0 Å². The summed E-state index contributed by atoms with van der Waals surface area (Å²) in [6.07, 6.45) is 0. The summed E-state index contributed by atoms with van der Waals surface area (Å²) in [6, 6.07) is 9.05. The van der Waals surface area contributed by atoms with Crippen molar-refractivity contribution in [1.82, 2.24) is 10.6 Å². The van der Waals surface area contributed by atoms with E-state index < -0.39 is 11.9 Å². The summed E-state index contributed by atoms with van der Waals surface area (Å²) in [5, 5.41) is 5.82. The van der Waals surface area contributed by atoms with Gasteiger partial charge in [-0.3, -0.25) is 9.59 Å². The SMILES string of the molecule is CC(C)NC(=O)CSc1ccccc1C(=O)NC(C)c1cc(F)c(Cl)cc1Cl. The molecule has 2 amide bonds. The second kappa shape index (κ2) is 10.1. The van der Waals surface area contributed by atoms with Gasteiger partial charge in [-0.25, -0.2) is 4.39 Å². The maximum atomic E-state index is 13.8. The number of nitrogens with one attached hydrogen (secondary N) is 2. The van der Waals surface area contributed by atoms with Crippen LogP contribution in [-0.2, 0) is 4.79 Å². The van der Waals surface area contributed by atoms with Crippen molar-refractivity contribution >= 4 is 46.8 Å². The number of hydrogen-bond donors (Lipinski definition) is 2. The highest BCUT2D eigenvalue weighted by Gasteiger charge is 2.19. The number of halogens is 3. The van der Waals surface area contributed by atoms with Gasteiger partial charge in [-0.15, -0.1) is 11.8 Å². The zero-order chi connectivity index (χ0) is 20.8. The highest BCUT2D eigenvalue weighted by molar-refractivity contribution is 8.00. The molecule has 0 heterocycles. The van der Waals surface area contributed by atoms with E-state index in [4.69, 9.17) is 23.2 Å². The molecule has 0 radical (unpaired) electrons. The van der Waals surface area contributed by atoms with Gasteiger partial charge in [-0.2, -0.15) is 0 Å². The number of carbonyl (C=O) groups excluding carboxylic acids is 2. The molecule has 0 bridgehead atoms. The average molecular weight is 443 g/mol. The first-order valence-corrected chi connectivity index (χ1v) is 10.4. The van der Waals surface area contributed by atoms with Gasteiger partial charge in [0.15, 0.2) is 0 Å². The molecule has 0 aliphatic carbocycles. The van der Waals surface area contributed by atoms with E-state index in [2.05, 4.69) is 10.6 Å². The molecule has 4 nitrogen and oxygen atoms in total. The standard InChI is InChI=1S/C20H21Cl2FN2O2S/c1-11(2)24-19(26)10-28-18-7-5-4-6-13(18)20(27)25-12(3)14-8-17(23)16(22)9-15(14)21/h4-9,11-12H,10H2,1-3H3,(H,24,26)(H,25,27). The van der Waals surface area contributed by atoms with Crippen LogP contribution in [0.3, 0.4) is 0 Å². The van der Waals surface area contributed by atoms with Gasteiger partial charge >= 0.3 is 0 Å². The molecule has 0 saturated carbocycles. The number of carbonyl (C=O) groups is 2. The lowest BCUT2D eigenvalue weighted by Crippen LogP contribution is -2.31. The minimum absolute atomic E-state index is 0.0528. The predicted molar refractivity (Wildman–Crippen MR) is 113 cm³/mol. The van der Waals surface area contributed by atoms with Crippen LogP contribution in [0.4, 0.5) is 4.39 Å². The van der Waals surface area contributed by atoms with Crippen molar-refractivity contribution in [2.24, 2.45) is 0 Å². The molecule has 1 atom stereocenters. The summed E-state index contributed by atoms with van der Waals surface area (Å²) in [5.41, 5.74) is 0.862. The molecule has 2 rings (SSSR count). The topological polar surface area (TPSA) is 58.2 Å². The van der Waals surface area contributed by atoms with Gasteiger partial charge in [0.25, 0.3) is 5.91 Å². The molecule has 0 aliphatic heterocycles. The van der Waals surface area contributed by atoms with Crippen LogP contribution < -0.4 is 10.6 Å². The quantitative estimate of drug-likeness (QED) is 0.455. The smallest absolute Gasteiger partial charge is 0.252 e. The molecule has 1 unspecified atom stereocenters. The molecule has 0 aromatic heterocycles. The second-order valence-corrected chi connectivity index (χ2v) is 8.32. The van der Waals surface area contributed by atoms with E-state index in [0.717, 1.165) is 0 Å². The first-order valence-electron chi connectivity index (χ1n) is 8.65.